The van der Waals surface area contributed by atoms with Crippen LogP contribution in [-0.2, 0) is 6.42 Å². The van der Waals surface area contributed by atoms with Gasteiger partial charge in [0.05, 0.1) is 5.52 Å². The molecule has 0 amide bonds. The minimum absolute atomic E-state index is 0.976. The fourth-order valence-electron chi connectivity index (χ4n) is 2.32. The van der Waals surface area contributed by atoms with E-state index in [0.717, 1.165) is 30.6 Å². The lowest BCUT2D eigenvalue weighted by Gasteiger charge is -2.13. The molecule has 0 aliphatic carbocycles. The first-order valence-electron chi connectivity index (χ1n) is 6.80. The number of fused-ring (bicyclic) bond motifs is 1. The second-order valence-electron chi connectivity index (χ2n) is 4.92. The van der Waals surface area contributed by atoms with Crippen LogP contribution in [-0.4, -0.2) is 11.5 Å². The Morgan fingerprint density at radius 1 is 1.11 bits per heavy atom. The summed E-state index contributed by atoms with van der Waals surface area (Å²) in [5.74, 6) is 0. The van der Waals surface area contributed by atoms with Gasteiger partial charge in [-0.15, -0.1) is 0 Å². The van der Waals surface area contributed by atoms with Gasteiger partial charge in [-0.3, -0.25) is 4.98 Å². The van der Waals surface area contributed by atoms with Crippen LogP contribution in [0.25, 0.3) is 10.9 Å². The second kappa shape index (κ2) is 5.38. The van der Waals surface area contributed by atoms with Crippen LogP contribution in [0.4, 0.5) is 5.69 Å². The van der Waals surface area contributed by atoms with Crippen LogP contribution in [0.1, 0.15) is 37.1 Å². The smallest absolute Gasteiger partial charge is 0.0755 e. The number of anilines is 1. The molecule has 18 heavy (non-hydrogen) atoms. The molecule has 1 aromatic carbocycles. The molecule has 2 heteroatoms. The Bertz CT molecular complexity index is 559. The highest BCUT2D eigenvalue weighted by molar-refractivity contribution is 5.93. The molecule has 1 heterocycles. The Kier molecular flexibility index (Phi) is 3.85. The fraction of sp³-hybridized carbons (Fsp3) is 0.438. The van der Waals surface area contributed by atoms with Gasteiger partial charge in [-0.1, -0.05) is 25.5 Å². The molecule has 0 saturated heterocycles. The number of hydrogen-bond donors (Lipinski definition) is 1. The van der Waals surface area contributed by atoms with Crippen LogP contribution in [0.3, 0.4) is 0 Å². The Hall–Kier alpha value is -1.57. The maximum Gasteiger partial charge on any atom is 0.0755 e. The third kappa shape index (κ3) is 2.47. The molecular weight excluding hydrogens is 220 g/mol. The number of pyridine rings is 1. The summed E-state index contributed by atoms with van der Waals surface area (Å²) < 4.78 is 0. The molecule has 0 atom stereocenters. The van der Waals surface area contributed by atoms with Crippen LogP contribution < -0.4 is 5.32 Å². The predicted molar refractivity (Wildman–Crippen MR) is 79.4 cm³/mol. The van der Waals surface area contributed by atoms with Crippen LogP contribution in [0.5, 0.6) is 0 Å². The van der Waals surface area contributed by atoms with Crippen molar-refractivity contribution in [1.82, 2.24) is 4.98 Å². The molecule has 0 unspecified atom stereocenters. The van der Waals surface area contributed by atoms with E-state index in [0.29, 0.717) is 0 Å². The number of benzene rings is 1. The van der Waals surface area contributed by atoms with Crippen molar-refractivity contribution in [2.24, 2.45) is 0 Å². The summed E-state index contributed by atoms with van der Waals surface area (Å²) in [4.78, 5) is 4.76. The zero-order valence-electron chi connectivity index (χ0n) is 11.8. The van der Waals surface area contributed by atoms with Gasteiger partial charge in [0.2, 0.25) is 0 Å². The zero-order valence-corrected chi connectivity index (χ0v) is 11.8. The van der Waals surface area contributed by atoms with Crippen molar-refractivity contribution >= 4 is 16.6 Å². The molecule has 0 aliphatic rings. The summed E-state index contributed by atoms with van der Waals surface area (Å²) >= 11 is 0. The summed E-state index contributed by atoms with van der Waals surface area (Å²) in [6.45, 7) is 9.64. The average Bonchev–Trinajstić information content (AvgIpc) is 2.36. The van der Waals surface area contributed by atoms with Crippen molar-refractivity contribution in [2.75, 3.05) is 11.9 Å². The lowest BCUT2D eigenvalue weighted by atomic mass is 10.0. The molecule has 96 valence electrons. The van der Waals surface area contributed by atoms with Gasteiger partial charge < -0.3 is 5.32 Å². The molecule has 1 N–H and O–H groups in total. The van der Waals surface area contributed by atoms with Gasteiger partial charge in [0.15, 0.2) is 0 Å². The van der Waals surface area contributed by atoms with Gasteiger partial charge in [-0.2, -0.15) is 0 Å². The van der Waals surface area contributed by atoms with E-state index in [1.165, 1.54) is 22.2 Å². The first kappa shape index (κ1) is 12.9. The van der Waals surface area contributed by atoms with Gasteiger partial charge in [0.25, 0.3) is 0 Å². The fourth-order valence-corrected chi connectivity index (χ4v) is 2.32. The van der Waals surface area contributed by atoms with Gasteiger partial charge in [0, 0.05) is 23.3 Å². The molecule has 0 bridgehead atoms. The molecule has 0 aliphatic heterocycles. The highest BCUT2D eigenvalue weighted by Gasteiger charge is 2.07. The van der Waals surface area contributed by atoms with E-state index < -0.39 is 0 Å². The van der Waals surface area contributed by atoms with E-state index in [4.69, 9.17) is 4.98 Å². The Morgan fingerprint density at radius 3 is 2.56 bits per heavy atom. The lowest BCUT2D eigenvalue weighted by Crippen LogP contribution is -2.03. The third-order valence-electron chi connectivity index (χ3n) is 3.23. The van der Waals surface area contributed by atoms with Crippen LogP contribution in [0.15, 0.2) is 18.2 Å². The highest BCUT2D eigenvalue weighted by Crippen LogP contribution is 2.27. The number of aromatic nitrogens is 1. The molecule has 2 aromatic rings. The quantitative estimate of drug-likeness (QED) is 0.867. The summed E-state index contributed by atoms with van der Waals surface area (Å²) in [7, 11) is 0. The first-order chi connectivity index (χ1) is 8.65. The Balaban J connectivity index is 2.64. The van der Waals surface area contributed by atoms with Crippen molar-refractivity contribution < 1.29 is 0 Å². The predicted octanol–water partition coefficient (Wildman–Crippen LogP) is 4.24. The van der Waals surface area contributed by atoms with Crippen LogP contribution in [0, 0.1) is 13.8 Å². The maximum atomic E-state index is 4.76. The number of rotatable bonds is 4. The number of nitrogens with one attached hydrogen (secondary N) is 1. The summed E-state index contributed by atoms with van der Waals surface area (Å²) in [6.07, 6.45) is 2.11. The standard InChI is InChI=1S/C16H22N2/c1-5-7-17-15-10-13(6-2)18-16-12(4)8-11(3)9-14(15)16/h8-10H,5-7H2,1-4H3,(H,17,18). The summed E-state index contributed by atoms with van der Waals surface area (Å²) in [5, 5.41) is 4.77. The van der Waals surface area contributed by atoms with Gasteiger partial charge in [-0.25, -0.2) is 0 Å². The topological polar surface area (TPSA) is 24.9 Å². The molecule has 2 rings (SSSR count). The second-order valence-corrected chi connectivity index (χ2v) is 4.92. The van der Waals surface area contributed by atoms with Crippen molar-refractivity contribution in [3.8, 4) is 0 Å². The molecule has 0 radical (unpaired) electrons. The molecule has 0 saturated carbocycles. The Labute approximate surface area is 109 Å². The molecule has 0 fully saturated rings. The van der Waals surface area contributed by atoms with E-state index in [1.54, 1.807) is 0 Å². The van der Waals surface area contributed by atoms with E-state index in [9.17, 15) is 0 Å². The van der Waals surface area contributed by atoms with E-state index in [1.807, 2.05) is 0 Å². The minimum atomic E-state index is 0.976. The molecule has 2 nitrogen and oxygen atoms in total. The van der Waals surface area contributed by atoms with Gasteiger partial charge in [-0.05, 0) is 44.4 Å². The van der Waals surface area contributed by atoms with Crippen molar-refractivity contribution in [3.63, 3.8) is 0 Å². The average molecular weight is 242 g/mol. The van der Waals surface area contributed by atoms with Crippen molar-refractivity contribution in [1.29, 1.82) is 0 Å². The lowest BCUT2D eigenvalue weighted by molar-refractivity contribution is 0.977. The molecular formula is C16H22N2. The van der Waals surface area contributed by atoms with Gasteiger partial charge >= 0.3 is 0 Å². The van der Waals surface area contributed by atoms with Gasteiger partial charge in [0.1, 0.15) is 0 Å². The molecule has 0 spiro atoms. The zero-order chi connectivity index (χ0) is 13.1. The Morgan fingerprint density at radius 2 is 1.89 bits per heavy atom. The highest BCUT2D eigenvalue weighted by atomic mass is 14.9. The monoisotopic (exact) mass is 242 g/mol. The van der Waals surface area contributed by atoms with E-state index >= 15 is 0 Å². The summed E-state index contributed by atoms with van der Waals surface area (Å²) in [5.41, 5.74) is 6.09. The SMILES string of the molecule is CCCNc1cc(CC)nc2c(C)cc(C)cc12. The third-order valence-corrected chi connectivity index (χ3v) is 3.23. The number of nitrogens with zero attached hydrogens (tertiary/aromatic N) is 1. The van der Waals surface area contributed by atoms with E-state index in [-0.39, 0.29) is 0 Å². The van der Waals surface area contributed by atoms with Crippen molar-refractivity contribution in [3.05, 3.63) is 35.0 Å². The number of aryl methyl sites for hydroxylation is 3. The normalized spacial score (nSPS) is 10.9. The molecule has 1 aromatic heterocycles. The van der Waals surface area contributed by atoms with E-state index in [2.05, 4.69) is 51.2 Å². The minimum Gasteiger partial charge on any atom is -0.384 e. The maximum absolute atomic E-state index is 4.76. The largest absolute Gasteiger partial charge is 0.384 e. The van der Waals surface area contributed by atoms with Crippen LogP contribution >= 0.6 is 0 Å². The first-order valence-corrected chi connectivity index (χ1v) is 6.80. The van der Waals surface area contributed by atoms with Crippen LogP contribution in [0.2, 0.25) is 0 Å². The summed E-state index contributed by atoms with van der Waals surface area (Å²) in [6, 6.07) is 6.63. The number of hydrogen-bond acceptors (Lipinski definition) is 2. The van der Waals surface area contributed by atoms with Crippen molar-refractivity contribution in [2.45, 2.75) is 40.5 Å².